The first kappa shape index (κ1) is 23.5. The summed E-state index contributed by atoms with van der Waals surface area (Å²) < 4.78 is 29.4. The smallest absolute Gasteiger partial charge is 0.343 e. The van der Waals surface area contributed by atoms with Crippen LogP contribution in [-0.2, 0) is 4.79 Å². The standard InChI is InChI=1S/C25H18FNO5S2/c1-30-19-10-8-18(9-11-19)27-23(28)22(34-25(27)33)14-15-3-12-20(21(13-15)31-2)32-24(29)16-4-6-17(26)7-5-16/h3-14H,1-2H3/b22-14-. The van der Waals surface area contributed by atoms with Crippen molar-refractivity contribution in [3.8, 4) is 17.2 Å². The number of rotatable bonds is 6. The van der Waals surface area contributed by atoms with Gasteiger partial charge in [0.2, 0.25) is 0 Å². The lowest BCUT2D eigenvalue weighted by Crippen LogP contribution is -2.27. The number of thiocarbonyl (C=S) groups is 1. The van der Waals surface area contributed by atoms with E-state index in [4.69, 9.17) is 26.4 Å². The summed E-state index contributed by atoms with van der Waals surface area (Å²) in [6.45, 7) is 0. The molecule has 4 rings (SSSR count). The monoisotopic (exact) mass is 495 g/mol. The van der Waals surface area contributed by atoms with E-state index in [-0.39, 0.29) is 17.2 Å². The molecule has 0 aliphatic carbocycles. The molecule has 3 aromatic carbocycles. The molecule has 0 saturated carbocycles. The molecule has 1 amide bonds. The Labute approximate surface area is 204 Å². The van der Waals surface area contributed by atoms with Crippen LogP contribution in [0.5, 0.6) is 17.2 Å². The molecule has 0 spiro atoms. The number of carbonyl (C=O) groups excluding carboxylic acids is 2. The predicted molar refractivity (Wildman–Crippen MR) is 133 cm³/mol. The summed E-state index contributed by atoms with van der Waals surface area (Å²) in [6.07, 6.45) is 1.69. The van der Waals surface area contributed by atoms with E-state index in [9.17, 15) is 14.0 Å². The highest BCUT2D eigenvalue weighted by Crippen LogP contribution is 2.37. The number of thioether (sulfide) groups is 1. The fraction of sp³-hybridized carbons (Fsp3) is 0.0800. The summed E-state index contributed by atoms with van der Waals surface area (Å²) in [5.74, 6) is -0.167. The lowest BCUT2D eigenvalue weighted by molar-refractivity contribution is -0.113. The van der Waals surface area contributed by atoms with E-state index in [1.165, 1.54) is 48.0 Å². The largest absolute Gasteiger partial charge is 0.497 e. The zero-order chi connectivity index (χ0) is 24.2. The number of hydrogen-bond acceptors (Lipinski definition) is 7. The van der Waals surface area contributed by atoms with Crippen LogP contribution in [-0.4, -0.2) is 30.4 Å². The molecule has 34 heavy (non-hydrogen) atoms. The fourth-order valence-corrected chi connectivity index (χ4v) is 4.48. The quantitative estimate of drug-likeness (QED) is 0.195. The van der Waals surface area contributed by atoms with Gasteiger partial charge in [-0.25, -0.2) is 9.18 Å². The molecular weight excluding hydrogens is 477 g/mol. The van der Waals surface area contributed by atoms with E-state index in [0.717, 1.165) is 0 Å². The molecule has 0 bridgehead atoms. The number of ether oxygens (including phenoxy) is 3. The maximum Gasteiger partial charge on any atom is 0.343 e. The summed E-state index contributed by atoms with van der Waals surface area (Å²) in [5.41, 5.74) is 1.51. The summed E-state index contributed by atoms with van der Waals surface area (Å²) >= 11 is 6.60. The summed E-state index contributed by atoms with van der Waals surface area (Å²) in [4.78, 5) is 27.3. The first-order valence-electron chi connectivity index (χ1n) is 9.97. The number of carbonyl (C=O) groups is 2. The highest BCUT2D eigenvalue weighted by atomic mass is 32.2. The van der Waals surface area contributed by atoms with Crippen LogP contribution in [0.4, 0.5) is 10.1 Å². The Kier molecular flexibility index (Phi) is 6.95. The van der Waals surface area contributed by atoms with Gasteiger partial charge in [0.15, 0.2) is 15.8 Å². The van der Waals surface area contributed by atoms with Crippen molar-refractivity contribution in [3.05, 3.63) is 88.6 Å². The van der Waals surface area contributed by atoms with Crippen molar-refractivity contribution >= 4 is 51.9 Å². The number of halogens is 1. The van der Waals surface area contributed by atoms with Crippen molar-refractivity contribution in [2.45, 2.75) is 0 Å². The van der Waals surface area contributed by atoms with Crippen LogP contribution in [0.25, 0.3) is 6.08 Å². The van der Waals surface area contributed by atoms with Crippen LogP contribution in [0.15, 0.2) is 71.6 Å². The molecule has 0 aromatic heterocycles. The molecule has 0 atom stereocenters. The summed E-state index contributed by atoms with van der Waals surface area (Å²) in [7, 11) is 3.01. The van der Waals surface area contributed by atoms with E-state index < -0.39 is 11.8 Å². The predicted octanol–water partition coefficient (Wildman–Crippen LogP) is 5.47. The third-order valence-electron chi connectivity index (χ3n) is 4.89. The molecule has 0 N–H and O–H groups in total. The van der Waals surface area contributed by atoms with Crippen LogP contribution in [0, 0.1) is 5.82 Å². The van der Waals surface area contributed by atoms with Crippen LogP contribution in [0.3, 0.4) is 0 Å². The number of methoxy groups -OCH3 is 2. The van der Waals surface area contributed by atoms with Gasteiger partial charge in [0.05, 0.1) is 30.4 Å². The Balaban J connectivity index is 1.54. The van der Waals surface area contributed by atoms with Gasteiger partial charge in [-0.1, -0.05) is 30.0 Å². The van der Waals surface area contributed by atoms with E-state index in [1.807, 2.05) is 0 Å². The minimum absolute atomic E-state index is 0.194. The summed E-state index contributed by atoms with van der Waals surface area (Å²) in [5, 5.41) is 0. The van der Waals surface area contributed by atoms with Crippen molar-refractivity contribution in [1.29, 1.82) is 0 Å². The molecule has 1 fully saturated rings. The molecule has 172 valence electrons. The zero-order valence-electron chi connectivity index (χ0n) is 18.1. The lowest BCUT2D eigenvalue weighted by Gasteiger charge is -2.14. The lowest BCUT2D eigenvalue weighted by atomic mass is 10.1. The van der Waals surface area contributed by atoms with E-state index in [2.05, 4.69) is 0 Å². The maximum atomic E-state index is 13.1. The SMILES string of the molecule is COc1ccc(N2C(=O)/C(=C/c3ccc(OC(=O)c4ccc(F)cc4)c(OC)c3)SC2=S)cc1. The Hall–Kier alpha value is -3.69. The normalized spacial score (nSPS) is 14.4. The van der Waals surface area contributed by atoms with Crippen LogP contribution >= 0.6 is 24.0 Å². The molecular formula is C25H18FNO5S2. The molecule has 3 aromatic rings. The second kappa shape index (κ2) is 10.1. The third-order valence-corrected chi connectivity index (χ3v) is 6.19. The number of benzene rings is 3. The Morgan fingerprint density at radius 3 is 2.32 bits per heavy atom. The molecule has 9 heteroatoms. The summed E-state index contributed by atoms with van der Waals surface area (Å²) in [6, 6.07) is 17.0. The minimum Gasteiger partial charge on any atom is -0.497 e. The van der Waals surface area contributed by atoms with E-state index >= 15 is 0 Å². The van der Waals surface area contributed by atoms with E-state index in [0.29, 0.717) is 32.0 Å². The minimum atomic E-state index is -0.647. The third kappa shape index (κ3) is 4.95. The number of nitrogens with zero attached hydrogens (tertiary/aromatic N) is 1. The fourth-order valence-electron chi connectivity index (χ4n) is 3.18. The van der Waals surface area contributed by atoms with Gasteiger partial charge in [0.1, 0.15) is 11.6 Å². The second-order valence-electron chi connectivity index (χ2n) is 7.02. The average molecular weight is 496 g/mol. The zero-order valence-corrected chi connectivity index (χ0v) is 19.7. The molecule has 1 saturated heterocycles. The molecule has 1 aliphatic heterocycles. The first-order valence-corrected chi connectivity index (χ1v) is 11.2. The van der Waals surface area contributed by atoms with Crippen LogP contribution in [0.1, 0.15) is 15.9 Å². The Morgan fingerprint density at radius 2 is 1.68 bits per heavy atom. The van der Waals surface area contributed by atoms with Gasteiger partial charge < -0.3 is 14.2 Å². The van der Waals surface area contributed by atoms with Crippen molar-refractivity contribution in [3.63, 3.8) is 0 Å². The molecule has 6 nitrogen and oxygen atoms in total. The first-order chi connectivity index (χ1) is 16.4. The molecule has 1 heterocycles. The van der Waals surface area contributed by atoms with Gasteiger partial charge in [-0.3, -0.25) is 9.69 Å². The highest BCUT2D eigenvalue weighted by molar-refractivity contribution is 8.27. The molecule has 0 radical (unpaired) electrons. The highest BCUT2D eigenvalue weighted by Gasteiger charge is 2.33. The van der Waals surface area contributed by atoms with Gasteiger partial charge in [-0.15, -0.1) is 0 Å². The number of hydrogen-bond donors (Lipinski definition) is 0. The van der Waals surface area contributed by atoms with Crippen LogP contribution < -0.4 is 19.1 Å². The van der Waals surface area contributed by atoms with Crippen molar-refractivity contribution in [2.75, 3.05) is 19.1 Å². The van der Waals surface area contributed by atoms with Crippen molar-refractivity contribution < 1.29 is 28.2 Å². The van der Waals surface area contributed by atoms with Gasteiger partial charge in [-0.2, -0.15) is 0 Å². The molecule has 0 unspecified atom stereocenters. The second-order valence-corrected chi connectivity index (χ2v) is 8.70. The van der Waals surface area contributed by atoms with Gasteiger partial charge in [0.25, 0.3) is 5.91 Å². The van der Waals surface area contributed by atoms with Crippen molar-refractivity contribution in [1.82, 2.24) is 0 Å². The average Bonchev–Trinajstić information content (AvgIpc) is 3.12. The van der Waals surface area contributed by atoms with E-state index in [1.54, 1.807) is 55.7 Å². The topological polar surface area (TPSA) is 65.1 Å². The van der Waals surface area contributed by atoms with Gasteiger partial charge in [0, 0.05) is 0 Å². The maximum absolute atomic E-state index is 13.1. The number of esters is 1. The van der Waals surface area contributed by atoms with Gasteiger partial charge in [-0.05, 0) is 72.3 Å². The van der Waals surface area contributed by atoms with Gasteiger partial charge >= 0.3 is 5.97 Å². The Bertz CT molecular complexity index is 1290. The Morgan fingerprint density at radius 1 is 0.971 bits per heavy atom. The number of amides is 1. The molecule has 1 aliphatic rings. The number of anilines is 1. The van der Waals surface area contributed by atoms with Crippen LogP contribution in [0.2, 0.25) is 0 Å². The van der Waals surface area contributed by atoms with Crippen molar-refractivity contribution in [2.24, 2.45) is 0 Å².